The standard InChI is InChI=1S/C26H38FN5O/c1-7-18(3)23-28-22(8-2)20(17-19-11-9-10-12-21(19)27)24(29-23)31-13-15-32(16-14-31)25(33)30-26(4,5)6/h9-12,18H,7-8,13-17H2,1-6H3,(H,30,33)/t18-/m1/s1. The molecule has 180 valence electrons. The number of amides is 2. The van der Waals surface area contributed by atoms with Gasteiger partial charge in [0.05, 0.1) is 0 Å². The van der Waals surface area contributed by atoms with Crippen molar-refractivity contribution in [1.82, 2.24) is 20.2 Å². The van der Waals surface area contributed by atoms with Crippen LogP contribution in [0.3, 0.4) is 0 Å². The predicted molar refractivity (Wildman–Crippen MR) is 131 cm³/mol. The molecular weight excluding hydrogens is 417 g/mol. The quantitative estimate of drug-likeness (QED) is 0.672. The van der Waals surface area contributed by atoms with E-state index in [0.29, 0.717) is 38.2 Å². The van der Waals surface area contributed by atoms with Gasteiger partial charge in [-0.15, -0.1) is 0 Å². The summed E-state index contributed by atoms with van der Waals surface area (Å²) in [5.41, 5.74) is 2.35. The van der Waals surface area contributed by atoms with Crippen molar-refractivity contribution in [3.8, 4) is 0 Å². The van der Waals surface area contributed by atoms with Crippen LogP contribution in [-0.4, -0.2) is 52.6 Å². The van der Waals surface area contributed by atoms with Crippen LogP contribution in [0.1, 0.15) is 76.5 Å². The van der Waals surface area contributed by atoms with E-state index in [4.69, 9.17) is 9.97 Å². The lowest BCUT2D eigenvalue weighted by Gasteiger charge is -2.38. The van der Waals surface area contributed by atoms with Gasteiger partial charge in [0.2, 0.25) is 0 Å². The van der Waals surface area contributed by atoms with Crippen molar-refractivity contribution >= 4 is 11.8 Å². The van der Waals surface area contributed by atoms with Gasteiger partial charge < -0.3 is 15.1 Å². The zero-order valence-electron chi connectivity index (χ0n) is 20.9. The van der Waals surface area contributed by atoms with Gasteiger partial charge in [-0.25, -0.2) is 19.2 Å². The Kier molecular flexibility index (Phi) is 7.92. The van der Waals surface area contributed by atoms with E-state index in [2.05, 4.69) is 31.0 Å². The number of rotatable bonds is 6. The highest BCUT2D eigenvalue weighted by molar-refractivity contribution is 5.75. The highest BCUT2D eigenvalue weighted by Crippen LogP contribution is 2.29. The molecule has 2 amide bonds. The molecule has 1 aliphatic heterocycles. The molecule has 1 atom stereocenters. The average molecular weight is 456 g/mol. The molecule has 0 aliphatic carbocycles. The van der Waals surface area contributed by atoms with Crippen molar-refractivity contribution in [3.05, 3.63) is 52.7 Å². The fourth-order valence-electron chi connectivity index (χ4n) is 4.03. The molecule has 7 heteroatoms. The summed E-state index contributed by atoms with van der Waals surface area (Å²) in [6.45, 7) is 14.9. The first kappa shape index (κ1) is 24.9. The lowest BCUT2D eigenvalue weighted by molar-refractivity contribution is 0.185. The van der Waals surface area contributed by atoms with Crippen LogP contribution < -0.4 is 10.2 Å². The summed E-state index contributed by atoms with van der Waals surface area (Å²) in [5.74, 6) is 1.77. The van der Waals surface area contributed by atoms with E-state index < -0.39 is 0 Å². The molecule has 0 saturated carbocycles. The third-order valence-electron chi connectivity index (χ3n) is 6.15. The molecule has 33 heavy (non-hydrogen) atoms. The van der Waals surface area contributed by atoms with Crippen LogP contribution in [-0.2, 0) is 12.8 Å². The molecule has 2 heterocycles. The summed E-state index contributed by atoms with van der Waals surface area (Å²) >= 11 is 0. The van der Waals surface area contributed by atoms with Crippen LogP contribution in [0.5, 0.6) is 0 Å². The van der Waals surface area contributed by atoms with Crippen LogP contribution in [0, 0.1) is 5.82 Å². The van der Waals surface area contributed by atoms with E-state index >= 15 is 0 Å². The molecule has 1 aromatic carbocycles. The number of aryl methyl sites for hydroxylation is 1. The number of piperazine rings is 1. The average Bonchev–Trinajstić information content (AvgIpc) is 2.79. The van der Waals surface area contributed by atoms with Crippen LogP contribution >= 0.6 is 0 Å². The van der Waals surface area contributed by atoms with E-state index in [1.165, 1.54) is 6.07 Å². The Bertz CT molecular complexity index is 964. The van der Waals surface area contributed by atoms with Crippen molar-refractivity contribution in [2.75, 3.05) is 31.1 Å². The van der Waals surface area contributed by atoms with Crippen LogP contribution in [0.25, 0.3) is 0 Å². The Labute approximate surface area is 197 Å². The van der Waals surface area contributed by atoms with Crippen molar-refractivity contribution in [3.63, 3.8) is 0 Å². The number of nitrogens with zero attached hydrogens (tertiary/aromatic N) is 4. The number of halogens is 1. The first-order valence-electron chi connectivity index (χ1n) is 12.1. The fourth-order valence-corrected chi connectivity index (χ4v) is 4.03. The summed E-state index contributed by atoms with van der Waals surface area (Å²) in [6.07, 6.45) is 2.17. The minimum Gasteiger partial charge on any atom is -0.353 e. The van der Waals surface area contributed by atoms with E-state index in [9.17, 15) is 9.18 Å². The number of urea groups is 1. The molecular formula is C26H38FN5O. The second-order valence-electron chi connectivity index (χ2n) is 9.92. The third kappa shape index (κ3) is 6.21. The lowest BCUT2D eigenvalue weighted by atomic mass is 10.00. The molecule has 1 aliphatic rings. The number of carbonyl (C=O) groups excluding carboxylic acids is 1. The van der Waals surface area contributed by atoms with Crippen molar-refractivity contribution < 1.29 is 9.18 Å². The van der Waals surface area contributed by atoms with Gasteiger partial charge in [0.1, 0.15) is 17.5 Å². The zero-order valence-corrected chi connectivity index (χ0v) is 20.9. The molecule has 3 rings (SSSR count). The zero-order chi connectivity index (χ0) is 24.2. The number of nitrogens with one attached hydrogen (secondary N) is 1. The van der Waals surface area contributed by atoms with Crippen molar-refractivity contribution in [2.24, 2.45) is 0 Å². The van der Waals surface area contributed by atoms with Crippen molar-refractivity contribution in [2.45, 2.75) is 72.3 Å². The van der Waals surface area contributed by atoms with Crippen LogP contribution in [0.15, 0.2) is 24.3 Å². The van der Waals surface area contributed by atoms with Crippen LogP contribution in [0.4, 0.5) is 15.0 Å². The molecule has 0 unspecified atom stereocenters. The maximum atomic E-state index is 14.5. The largest absolute Gasteiger partial charge is 0.353 e. The minimum absolute atomic E-state index is 0.0361. The summed E-state index contributed by atoms with van der Waals surface area (Å²) in [6, 6.07) is 6.87. The molecule has 2 aromatic rings. The maximum absolute atomic E-state index is 14.5. The number of hydrogen-bond donors (Lipinski definition) is 1. The van der Waals surface area contributed by atoms with Crippen molar-refractivity contribution in [1.29, 1.82) is 0 Å². The van der Waals surface area contributed by atoms with Gasteiger partial charge in [0.15, 0.2) is 0 Å². The smallest absolute Gasteiger partial charge is 0.317 e. The normalized spacial score (nSPS) is 15.5. The van der Waals surface area contributed by atoms with E-state index in [0.717, 1.165) is 35.7 Å². The molecule has 0 radical (unpaired) electrons. The number of hydrogen-bond acceptors (Lipinski definition) is 4. The Morgan fingerprint density at radius 1 is 1.12 bits per heavy atom. The number of carbonyl (C=O) groups is 1. The van der Waals surface area contributed by atoms with Crippen LogP contribution in [0.2, 0.25) is 0 Å². The summed E-state index contributed by atoms with van der Waals surface area (Å²) in [4.78, 5) is 26.6. The van der Waals surface area contributed by atoms with Gasteiger partial charge in [-0.1, -0.05) is 39.0 Å². The topological polar surface area (TPSA) is 61.4 Å². The van der Waals surface area contributed by atoms with Gasteiger partial charge in [-0.05, 0) is 45.2 Å². The number of aromatic nitrogens is 2. The first-order valence-corrected chi connectivity index (χ1v) is 12.1. The Hall–Kier alpha value is -2.70. The molecule has 6 nitrogen and oxygen atoms in total. The van der Waals surface area contributed by atoms with E-state index in [1.807, 2.05) is 37.8 Å². The van der Waals surface area contributed by atoms with Gasteiger partial charge in [0.25, 0.3) is 0 Å². The third-order valence-corrected chi connectivity index (χ3v) is 6.15. The van der Waals surface area contributed by atoms with E-state index in [1.54, 1.807) is 6.07 Å². The Balaban J connectivity index is 1.92. The lowest BCUT2D eigenvalue weighted by Crippen LogP contribution is -2.55. The van der Waals surface area contributed by atoms with Gasteiger partial charge in [-0.3, -0.25) is 0 Å². The minimum atomic E-state index is -0.269. The number of benzene rings is 1. The SMILES string of the molecule is CCc1nc([C@H](C)CC)nc(N2CCN(C(=O)NC(C)(C)C)CC2)c1Cc1ccccc1F. The highest BCUT2D eigenvalue weighted by Gasteiger charge is 2.27. The molecule has 0 spiro atoms. The summed E-state index contributed by atoms with van der Waals surface area (Å²) in [7, 11) is 0. The Morgan fingerprint density at radius 2 is 1.79 bits per heavy atom. The molecule has 1 aromatic heterocycles. The molecule has 1 N–H and O–H groups in total. The Morgan fingerprint density at radius 3 is 2.36 bits per heavy atom. The fraction of sp³-hybridized carbons (Fsp3) is 0.577. The van der Waals surface area contributed by atoms with E-state index in [-0.39, 0.29) is 23.3 Å². The van der Waals surface area contributed by atoms with Gasteiger partial charge in [0, 0.05) is 55.3 Å². The summed E-state index contributed by atoms with van der Waals surface area (Å²) in [5, 5.41) is 3.04. The monoisotopic (exact) mass is 455 g/mol. The second kappa shape index (κ2) is 10.5. The van der Waals surface area contributed by atoms with Gasteiger partial charge in [-0.2, -0.15) is 0 Å². The molecule has 0 bridgehead atoms. The summed E-state index contributed by atoms with van der Waals surface area (Å²) < 4.78 is 14.5. The molecule has 1 fully saturated rings. The maximum Gasteiger partial charge on any atom is 0.317 e. The first-order chi connectivity index (χ1) is 15.6. The highest BCUT2D eigenvalue weighted by atomic mass is 19.1. The second-order valence-corrected chi connectivity index (χ2v) is 9.92. The molecule has 1 saturated heterocycles. The number of anilines is 1. The van der Waals surface area contributed by atoms with Gasteiger partial charge >= 0.3 is 6.03 Å². The predicted octanol–water partition coefficient (Wildman–Crippen LogP) is 4.91.